The number of anilines is 2. The number of nitrogens with one attached hydrogen (secondary N) is 1. The molecule has 5 heterocycles. The largest absolute Gasteiger partial charge is 0.487 e. The molecule has 0 saturated carbocycles. The second kappa shape index (κ2) is 7.20. The summed E-state index contributed by atoms with van der Waals surface area (Å²) in [7, 11) is 0. The van der Waals surface area contributed by atoms with E-state index < -0.39 is 0 Å². The van der Waals surface area contributed by atoms with Gasteiger partial charge in [0.15, 0.2) is 5.65 Å². The summed E-state index contributed by atoms with van der Waals surface area (Å²) in [5.74, 6) is 0.729. The molecule has 0 unspecified atom stereocenters. The summed E-state index contributed by atoms with van der Waals surface area (Å²) in [5.41, 5.74) is 3.78. The second-order valence-corrected chi connectivity index (χ2v) is 9.69. The Bertz CT molecular complexity index is 1200. The van der Waals surface area contributed by atoms with Gasteiger partial charge in [0.2, 0.25) is 0 Å². The molecule has 0 radical (unpaired) electrons. The molecule has 3 aromatic rings. The minimum absolute atomic E-state index is 0.197. The van der Waals surface area contributed by atoms with Crippen LogP contribution in [0.15, 0.2) is 36.8 Å². The molecule has 6 rings (SSSR count). The van der Waals surface area contributed by atoms with E-state index in [1.54, 1.807) is 29.2 Å². The fourth-order valence-corrected chi connectivity index (χ4v) is 5.39. The zero-order chi connectivity index (χ0) is 21.9. The van der Waals surface area contributed by atoms with Gasteiger partial charge >= 0.3 is 0 Å². The molecule has 2 aromatic heterocycles. The monoisotopic (exact) mass is 432 g/mol. The molecule has 0 bridgehead atoms. The summed E-state index contributed by atoms with van der Waals surface area (Å²) in [4.78, 5) is 22.6. The van der Waals surface area contributed by atoms with Crippen LogP contribution in [0.4, 0.5) is 11.4 Å². The zero-order valence-electron chi connectivity index (χ0n) is 18.5. The van der Waals surface area contributed by atoms with Crippen molar-refractivity contribution in [3.63, 3.8) is 0 Å². The van der Waals surface area contributed by atoms with Crippen LogP contribution in [0.5, 0.6) is 5.75 Å². The first-order valence-corrected chi connectivity index (χ1v) is 11.4. The summed E-state index contributed by atoms with van der Waals surface area (Å²) < 4.78 is 7.85. The number of hydrogen-bond donors (Lipinski definition) is 1. The minimum atomic E-state index is -0.237. The summed E-state index contributed by atoms with van der Waals surface area (Å²) in [6, 6.07) is 6.60. The number of aromatic nitrogens is 3. The standard InChI is InChI=1S/C24H28N6O2/c1-24(2)13-16-11-19(27-23(31)18-14-26-30-8-4-6-25-22(18)30)20(12-21(16)32-24)29-10-9-28-7-3-5-17(28)15-29/h4,6,8,11-12,14,17H,3,5,7,9-10,13,15H2,1-2H3,(H,27,31)/t17-/m1/s1. The van der Waals surface area contributed by atoms with Crippen LogP contribution in [0.1, 0.15) is 42.6 Å². The lowest BCUT2D eigenvalue weighted by Crippen LogP contribution is -2.50. The Balaban J connectivity index is 1.36. The fraction of sp³-hybridized carbons (Fsp3) is 0.458. The lowest BCUT2D eigenvalue weighted by molar-refractivity contribution is 0.102. The van der Waals surface area contributed by atoms with Crippen molar-refractivity contribution in [3.05, 3.63) is 47.9 Å². The highest BCUT2D eigenvalue weighted by molar-refractivity contribution is 6.09. The molecule has 1 amide bonds. The quantitative estimate of drug-likeness (QED) is 0.686. The molecule has 3 aliphatic heterocycles. The number of carbonyl (C=O) groups is 1. The van der Waals surface area contributed by atoms with Gasteiger partial charge in [-0.2, -0.15) is 5.10 Å². The predicted octanol–water partition coefficient (Wildman–Crippen LogP) is 2.98. The molecule has 2 saturated heterocycles. The van der Waals surface area contributed by atoms with Gasteiger partial charge in [-0.15, -0.1) is 0 Å². The molecule has 3 aliphatic rings. The molecule has 8 nitrogen and oxygen atoms in total. The summed E-state index contributed by atoms with van der Waals surface area (Å²) in [5, 5.41) is 7.44. The second-order valence-electron chi connectivity index (χ2n) is 9.69. The van der Waals surface area contributed by atoms with E-state index in [1.807, 2.05) is 0 Å². The van der Waals surface area contributed by atoms with Crippen molar-refractivity contribution in [2.24, 2.45) is 0 Å². The molecule has 1 atom stereocenters. The number of amides is 1. The normalized spacial score (nSPS) is 21.9. The van der Waals surface area contributed by atoms with Crippen LogP contribution >= 0.6 is 0 Å². The van der Waals surface area contributed by atoms with E-state index in [2.05, 4.69) is 51.2 Å². The number of ether oxygens (including phenoxy) is 1. The lowest BCUT2D eigenvalue weighted by Gasteiger charge is -2.39. The maximum absolute atomic E-state index is 13.3. The van der Waals surface area contributed by atoms with E-state index in [1.165, 1.54) is 19.4 Å². The molecule has 2 fully saturated rings. The van der Waals surface area contributed by atoms with Gasteiger partial charge in [0.25, 0.3) is 5.91 Å². The number of benzene rings is 1. The van der Waals surface area contributed by atoms with Crippen LogP contribution < -0.4 is 15.0 Å². The Hall–Kier alpha value is -3.13. The molecule has 0 spiro atoms. The van der Waals surface area contributed by atoms with Crippen LogP contribution in [0.25, 0.3) is 5.65 Å². The molecule has 0 aliphatic carbocycles. The van der Waals surface area contributed by atoms with Crippen molar-refractivity contribution in [3.8, 4) is 5.75 Å². The number of nitrogens with zero attached hydrogens (tertiary/aromatic N) is 5. The van der Waals surface area contributed by atoms with Crippen molar-refractivity contribution < 1.29 is 9.53 Å². The van der Waals surface area contributed by atoms with Gasteiger partial charge in [0.1, 0.15) is 16.9 Å². The topological polar surface area (TPSA) is 75.0 Å². The van der Waals surface area contributed by atoms with Gasteiger partial charge in [-0.05, 0) is 45.4 Å². The van der Waals surface area contributed by atoms with Crippen molar-refractivity contribution >= 4 is 22.9 Å². The van der Waals surface area contributed by atoms with Gasteiger partial charge in [-0.1, -0.05) is 0 Å². The molecular formula is C24H28N6O2. The number of hydrogen-bond acceptors (Lipinski definition) is 6. The van der Waals surface area contributed by atoms with Crippen LogP contribution in [0.2, 0.25) is 0 Å². The molecule has 1 N–H and O–H groups in total. The van der Waals surface area contributed by atoms with Crippen LogP contribution in [0.3, 0.4) is 0 Å². The van der Waals surface area contributed by atoms with Crippen molar-refractivity contribution in [1.82, 2.24) is 19.5 Å². The van der Waals surface area contributed by atoms with Gasteiger partial charge in [-0.3, -0.25) is 9.69 Å². The van der Waals surface area contributed by atoms with E-state index in [-0.39, 0.29) is 11.5 Å². The number of piperazine rings is 1. The number of rotatable bonds is 3. The predicted molar refractivity (Wildman–Crippen MR) is 123 cm³/mol. The van der Waals surface area contributed by atoms with E-state index in [0.717, 1.165) is 48.7 Å². The fourth-order valence-electron chi connectivity index (χ4n) is 5.39. The van der Waals surface area contributed by atoms with Crippen LogP contribution in [-0.4, -0.2) is 63.2 Å². The van der Waals surface area contributed by atoms with Gasteiger partial charge in [-0.25, -0.2) is 9.50 Å². The Kier molecular flexibility index (Phi) is 4.40. The third-order valence-corrected chi connectivity index (χ3v) is 6.88. The summed E-state index contributed by atoms with van der Waals surface area (Å²) in [6.07, 6.45) is 8.37. The molecule has 166 valence electrons. The maximum Gasteiger partial charge on any atom is 0.261 e. The average molecular weight is 433 g/mol. The van der Waals surface area contributed by atoms with Crippen molar-refractivity contribution in [1.29, 1.82) is 0 Å². The Morgan fingerprint density at radius 2 is 2.16 bits per heavy atom. The Labute approximate surface area is 187 Å². The SMILES string of the molecule is CC1(C)Cc2cc(NC(=O)c3cnn4cccnc34)c(N3CCN4CCC[C@@H]4C3)cc2O1. The van der Waals surface area contributed by atoms with Gasteiger partial charge in [0.05, 0.1) is 17.6 Å². The minimum Gasteiger partial charge on any atom is -0.487 e. The summed E-state index contributed by atoms with van der Waals surface area (Å²) >= 11 is 0. The van der Waals surface area contributed by atoms with E-state index in [4.69, 9.17) is 4.74 Å². The molecule has 32 heavy (non-hydrogen) atoms. The first kappa shape index (κ1) is 19.5. The third-order valence-electron chi connectivity index (χ3n) is 6.88. The zero-order valence-corrected chi connectivity index (χ0v) is 18.5. The van der Waals surface area contributed by atoms with E-state index >= 15 is 0 Å². The molecular weight excluding hydrogens is 404 g/mol. The maximum atomic E-state index is 13.3. The van der Waals surface area contributed by atoms with Crippen molar-refractivity contribution in [2.45, 2.75) is 44.8 Å². The van der Waals surface area contributed by atoms with E-state index in [0.29, 0.717) is 17.3 Å². The number of carbonyl (C=O) groups excluding carboxylic acids is 1. The Morgan fingerprint density at radius 1 is 1.25 bits per heavy atom. The first-order valence-electron chi connectivity index (χ1n) is 11.4. The van der Waals surface area contributed by atoms with Crippen molar-refractivity contribution in [2.75, 3.05) is 36.4 Å². The smallest absolute Gasteiger partial charge is 0.261 e. The van der Waals surface area contributed by atoms with Crippen LogP contribution in [-0.2, 0) is 6.42 Å². The molecule has 8 heteroatoms. The molecule has 1 aromatic carbocycles. The highest BCUT2D eigenvalue weighted by atomic mass is 16.5. The lowest BCUT2D eigenvalue weighted by atomic mass is 10.0. The van der Waals surface area contributed by atoms with E-state index in [9.17, 15) is 4.79 Å². The third kappa shape index (κ3) is 3.30. The van der Waals surface area contributed by atoms with Gasteiger partial charge in [0, 0.05) is 56.1 Å². The number of fused-ring (bicyclic) bond motifs is 3. The van der Waals surface area contributed by atoms with Gasteiger partial charge < -0.3 is 15.0 Å². The average Bonchev–Trinajstić information content (AvgIpc) is 3.47. The first-order chi connectivity index (χ1) is 15.5. The highest BCUT2D eigenvalue weighted by Gasteiger charge is 2.35. The summed E-state index contributed by atoms with van der Waals surface area (Å²) in [6.45, 7) is 8.38. The van der Waals surface area contributed by atoms with Crippen LogP contribution in [0, 0.1) is 0 Å². The Morgan fingerprint density at radius 3 is 3.06 bits per heavy atom. The highest BCUT2D eigenvalue weighted by Crippen LogP contribution is 2.42.